The largest absolute Gasteiger partial charge is 0.393 e. The number of methoxy groups -OCH3 is 1. The lowest BCUT2D eigenvalue weighted by atomic mass is 10.5. The maximum atomic E-state index is 5.86. The lowest BCUT2D eigenvalue weighted by molar-refractivity contribution is -0.0453. The van der Waals surface area contributed by atoms with Gasteiger partial charge in [0.05, 0.1) is 13.2 Å². The molecule has 1 aliphatic heterocycles. The number of rotatable bonds is 9. The van der Waals surface area contributed by atoms with Gasteiger partial charge in [0.15, 0.2) is 8.32 Å². The second-order valence-corrected chi connectivity index (χ2v) is 9.07. The van der Waals surface area contributed by atoms with Gasteiger partial charge in [-0.25, -0.2) is 0 Å². The highest BCUT2D eigenvalue weighted by atomic mass is 28.4. The molecule has 0 amide bonds. The Morgan fingerprint density at radius 2 is 2.12 bits per heavy atom. The van der Waals surface area contributed by atoms with E-state index in [2.05, 4.69) is 13.1 Å². The first-order valence-electron chi connectivity index (χ1n) is 5.93. The van der Waals surface area contributed by atoms with Crippen LogP contribution in [-0.4, -0.2) is 47.6 Å². The predicted molar refractivity (Wildman–Crippen MR) is 65.0 cm³/mol. The van der Waals surface area contributed by atoms with Gasteiger partial charge in [-0.2, -0.15) is 0 Å². The van der Waals surface area contributed by atoms with Crippen molar-refractivity contribution in [2.24, 2.45) is 0 Å². The maximum Gasteiger partial charge on any atom is 0.190 e. The molecule has 0 aromatic rings. The molecule has 0 spiro atoms. The molecule has 1 aliphatic rings. The standard InChI is InChI=1S/C11H24O4Si/c1-10(12-2)15-16(3,4)7-5-6-13-8-11-9-14-11/h10-11H,5-9H2,1-4H3. The van der Waals surface area contributed by atoms with Gasteiger partial charge in [-0.1, -0.05) is 0 Å². The Labute approximate surface area is 99.3 Å². The molecule has 0 aliphatic carbocycles. The summed E-state index contributed by atoms with van der Waals surface area (Å²) in [7, 11) is 0.0893. The Morgan fingerprint density at radius 3 is 2.69 bits per heavy atom. The summed E-state index contributed by atoms with van der Waals surface area (Å²) < 4.78 is 21.5. The molecule has 0 radical (unpaired) electrons. The van der Waals surface area contributed by atoms with Crippen molar-refractivity contribution in [2.75, 3.05) is 26.9 Å². The number of hydrogen-bond acceptors (Lipinski definition) is 4. The highest BCUT2D eigenvalue weighted by Gasteiger charge is 2.25. The van der Waals surface area contributed by atoms with E-state index in [4.69, 9.17) is 18.6 Å². The normalized spacial score (nSPS) is 22.1. The molecule has 1 saturated heterocycles. The van der Waals surface area contributed by atoms with E-state index in [-0.39, 0.29) is 6.29 Å². The highest BCUT2D eigenvalue weighted by Crippen LogP contribution is 2.16. The fourth-order valence-corrected chi connectivity index (χ4v) is 3.64. The summed E-state index contributed by atoms with van der Waals surface area (Å²) in [6.45, 7) is 8.79. The molecular weight excluding hydrogens is 224 g/mol. The average Bonchev–Trinajstić information content (AvgIpc) is 3.00. The Balaban J connectivity index is 1.99. The van der Waals surface area contributed by atoms with Crippen molar-refractivity contribution < 1.29 is 18.6 Å². The summed E-state index contributed by atoms with van der Waals surface area (Å²) in [5, 5.41) is 0. The van der Waals surface area contributed by atoms with Crippen LogP contribution in [-0.2, 0) is 18.6 Å². The summed E-state index contributed by atoms with van der Waals surface area (Å²) in [6.07, 6.45) is 1.33. The molecule has 0 saturated carbocycles. The zero-order chi connectivity index (χ0) is 12.0. The van der Waals surface area contributed by atoms with Crippen LogP contribution in [0, 0.1) is 0 Å². The van der Waals surface area contributed by atoms with Crippen LogP contribution in [0.4, 0.5) is 0 Å². The van der Waals surface area contributed by atoms with Crippen molar-refractivity contribution in [1.82, 2.24) is 0 Å². The van der Waals surface area contributed by atoms with Gasteiger partial charge in [-0.15, -0.1) is 0 Å². The summed E-state index contributed by atoms with van der Waals surface area (Å²) in [5.74, 6) is 0. The van der Waals surface area contributed by atoms with E-state index in [1.165, 1.54) is 0 Å². The van der Waals surface area contributed by atoms with Gasteiger partial charge in [0.1, 0.15) is 12.4 Å². The first-order chi connectivity index (χ1) is 7.53. The summed E-state index contributed by atoms with van der Waals surface area (Å²) in [5.41, 5.74) is 0. The SMILES string of the molecule is COC(C)O[Si](C)(C)CCCOCC1CO1. The minimum Gasteiger partial charge on any atom is -0.393 e. The van der Waals surface area contributed by atoms with Crippen LogP contribution in [0.1, 0.15) is 13.3 Å². The van der Waals surface area contributed by atoms with Gasteiger partial charge >= 0.3 is 0 Å². The molecule has 0 bridgehead atoms. The smallest absolute Gasteiger partial charge is 0.190 e. The molecule has 96 valence electrons. The van der Waals surface area contributed by atoms with Crippen LogP contribution in [0.3, 0.4) is 0 Å². The molecule has 1 fully saturated rings. The molecule has 5 heteroatoms. The van der Waals surface area contributed by atoms with Crippen LogP contribution in [0.25, 0.3) is 0 Å². The maximum absolute atomic E-state index is 5.86. The monoisotopic (exact) mass is 248 g/mol. The average molecular weight is 248 g/mol. The molecule has 0 aromatic heterocycles. The van der Waals surface area contributed by atoms with Crippen LogP contribution >= 0.6 is 0 Å². The second-order valence-electron chi connectivity index (χ2n) is 4.81. The minimum atomic E-state index is -1.59. The summed E-state index contributed by atoms with van der Waals surface area (Å²) in [4.78, 5) is 0. The summed E-state index contributed by atoms with van der Waals surface area (Å²) >= 11 is 0. The second kappa shape index (κ2) is 6.71. The van der Waals surface area contributed by atoms with Crippen molar-refractivity contribution in [1.29, 1.82) is 0 Å². The predicted octanol–water partition coefficient (Wildman–Crippen LogP) is 2.01. The molecule has 2 atom stereocenters. The molecule has 0 N–H and O–H groups in total. The van der Waals surface area contributed by atoms with Gasteiger partial charge in [0.25, 0.3) is 0 Å². The third-order valence-electron chi connectivity index (χ3n) is 2.59. The third kappa shape index (κ3) is 6.60. The van der Waals surface area contributed by atoms with Crippen molar-refractivity contribution in [2.45, 2.75) is 44.9 Å². The lowest BCUT2D eigenvalue weighted by Gasteiger charge is -2.26. The van der Waals surface area contributed by atoms with Gasteiger partial charge in [0.2, 0.25) is 0 Å². The molecular formula is C11H24O4Si. The Bertz CT molecular complexity index is 194. The number of hydrogen-bond donors (Lipinski definition) is 0. The first-order valence-corrected chi connectivity index (χ1v) is 9.05. The van der Waals surface area contributed by atoms with E-state index in [9.17, 15) is 0 Å². The van der Waals surface area contributed by atoms with E-state index in [1.54, 1.807) is 7.11 Å². The van der Waals surface area contributed by atoms with Crippen molar-refractivity contribution in [3.8, 4) is 0 Å². The molecule has 16 heavy (non-hydrogen) atoms. The zero-order valence-electron chi connectivity index (χ0n) is 10.8. The Hall–Kier alpha value is 0.0569. The minimum absolute atomic E-state index is 0.0950. The van der Waals surface area contributed by atoms with E-state index in [1.807, 2.05) is 6.92 Å². The fourth-order valence-electron chi connectivity index (χ4n) is 1.54. The molecule has 4 nitrogen and oxygen atoms in total. The van der Waals surface area contributed by atoms with E-state index in [0.29, 0.717) is 6.10 Å². The molecule has 1 rings (SSSR count). The van der Waals surface area contributed by atoms with Gasteiger partial charge in [-0.05, 0) is 32.5 Å². The topological polar surface area (TPSA) is 40.2 Å². The Morgan fingerprint density at radius 1 is 1.44 bits per heavy atom. The first kappa shape index (κ1) is 14.1. The number of epoxide rings is 1. The summed E-state index contributed by atoms with van der Waals surface area (Å²) in [6, 6.07) is 1.10. The van der Waals surface area contributed by atoms with Crippen molar-refractivity contribution in [3.05, 3.63) is 0 Å². The quantitative estimate of drug-likeness (QED) is 0.271. The van der Waals surface area contributed by atoms with E-state index in [0.717, 1.165) is 32.3 Å². The van der Waals surface area contributed by atoms with Crippen LogP contribution in [0.2, 0.25) is 19.1 Å². The van der Waals surface area contributed by atoms with Crippen LogP contribution < -0.4 is 0 Å². The van der Waals surface area contributed by atoms with Crippen molar-refractivity contribution in [3.63, 3.8) is 0 Å². The van der Waals surface area contributed by atoms with Gasteiger partial charge in [-0.3, -0.25) is 0 Å². The van der Waals surface area contributed by atoms with Gasteiger partial charge in [0, 0.05) is 13.7 Å². The highest BCUT2D eigenvalue weighted by molar-refractivity contribution is 6.71. The third-order valence-corrected chi connectivity index (χ3v) is 5.12. The lowest BCUT2D eigenvalue weighted by Crippen LogP contribution is -2.35. The number of ether oxygens (including phenoxy) is 3. The van der Waals surface area contributed by atoms with Gasteiger partial charge < -0.3 is 18.6 Å². The molecule has 0 aromatic carbocycles. The fraction of sp³-hybridized carbons (Fsp3) is 1.00. The molecule has 1 heterocycles. The van der Waals surface area contributed by atoms with Crippen molar-refractivity contribution >= 4 is 8.32 Å². The molecule has 2 unspecified atom stereocenters. The van der Waals surface area contributed by atoms with E-state index < -0.39 is 8.32 Å². The van der Waals surface area contributed by atoms with Crippen LogP contribution in [0.5, 0.6) is 0 Å². The zero-order valence-corrected chi connectivity index (χ0v) is 11.8. The van der Waals surface area contributed by atoms with E-state index >= 15 is 0 Å². The Kier molecular flexibility index (Phi) is 5.92. The van der Waals surface area contributed by atoms with Crippen LogP contribution in [0.15, 0.2) is 0 Å².